The van der Waals surface area contributed by atoms with E-state index >= 15 is 0 Å². The van der Waals surface area contributed by atoms with E-state index < -0.39 is 28.4 Å². The van der Waals surface area contributed by atoms with E-state index in [4.69, 9.17) is 4.74 Å². The van der Waals surface area contributed by atoms with Crippen molar-refractivity contribution < 1.29 is 34.4 Å². The van der Waals surface area contributed by atoms with Crippen molar-refractivity contribution in [2.75, 3.05) is 0 Å². The Bertz CT molecular complexity index is 1490. The van der Waals surface area contributed by atoms with Crippen LogP contribution in [0.5, 0.6) is 5.75 Å². The molecule has 42 heavy (non-hydrogen) atoms. The van der Waals surface area contributed by atoms with Gasteiger partial charge in [0.05, 0.1) is 11.0 Å². The number of ketones is 1. The zero-order chi connectivity index (χ0) is 29.9. The molecule has 0 aliphatic heterocycles. The number of phenols is 1. The van der Waals surface area contributed by atoms with Gasteiger partial charge in [-0.15, -0.1) is 11.8 Å². The average Bonchev–Trinajstić information content (AvgIpc) is 3.27. The van der Waals surface area contributed by atoms with Crippen molar-refractivity contribution in [2.45, 2.75) is 68.6 Å². The predicted molar refractivity (Wildman–Crippen MR) is 158 cm³/mol. The topological polar surface area (TPSA) is 121 Å². The molecular weight excluding hydrogens is 552 g/mol. The van der Waals surface area contributed by atoms with Crippen molar-refractivity contribution in [3.8, 4) is 5.75 Å². The second-order valence-electron chi connectivity index (χ2n) is 12.7. The zero-order valence-corrected chi connectivity index (χ0v) is 24.7. The molecule has 1 unspecified atom stereocenters. The highest BCUT2D eigenvalue weighted by Gasteiger charge is 2.70. The summed E-state index contributed by atoms with van der Waals surface area (Å²) in [6.45, 7) is 3.95. The molecule has 0 saturated heterocycles. The summed E-state index contributed by atoms with van der Waals surface area (Å²) in [7, 11) is 0. The van der Waals surface area contributed by atoms with E-state index in [2.05, 4.69) is 0 Å². The number of carboxylic acids is 1. The number of benzene rings is 2. The first kappa shape index (κ1) is 28.6. The fraction of sp³-hybridized carbons (Fsp3) is 0.441. The maximum absolute atomic E-state index is 13.4. The molecule has 6 rings (SSSR count). The number of aliphatic hydroxyl groups is 1. The summed E-state index contributed by atoms with van der Waals surface area (Å²) in [5, 5.41) is 30.1. The first-order chi connectivity index (χ1) is 20.0. The number of phenolic OH excluding ortho intramolecular Hbond substituents is 1. The maximum Gasteiger partial charge on any atom is 0.348 e. The number of fused-ring (bicyclic) bond motifs is 5. The van der Waals surface area contributed by atoms with Gasteiger partial charge in [0.15, 0.2) is 5.78 Å². The Labute approximate surface area is 249 Å². The number of allylic oxidation sites excluding steroid dienone is 3. The first-order valence-electron chi connectivity index (χ1n) is 14.6. The molecule has 0 amide bonds. The van der Waals surface area contributed by atoms with Crippen molar-refractivity contribution in [3.63, 3.8) is 0 Å². The number of ether oxygens (including phenoxy) is 1. The van der Waals surface area contributed by atoms with Gasteiger partial charge in [-0.1, -0.05) is 24.6 Å². The summed E-state index contributed by atoms with van der Waals surface area (Å²) in [6.07, 6.45) is 6.63. The maximum atomic E-state index is 13.4. The van der Waals surface area contributed by atoms with Gasteiger partial charge in [-0.05, 0) is 111 Å². The molecule has 3 N–H and O–H groups in total. The Hall–Kier alpha value is -3.52. The smallest absolute Gasteiger partial charge is 0.348 e. The lowest BCUT2D eigenvalue weighted by Gasteiger charge is -2.57. The highest BCUT2D eigenvalue weighted by Crippen LogP contribution is 2.67. The van der Waals surface area contributed by atoms with Crippen molar-refractivity contribution >= 4 is 29.5 Å². The minimum absolute atomic E-state index is 0.00417. The van der Waals surface area contributed by atoms with Gasteiger partial charge >= 0.3 is 11.9 Å². The molecule has 6 atom stereocenters. The molecule has 0 radical (unpaired) electrons. The number of carboxylic acid groups (broad SMARTS) is 1. The highest BCUT2D eigenvalue weighted by atomic mass is 32.2. The van der Waals surface area contributed by atoms with Crippen molar-refractivity contribution in [3.05, 3.63) is 83.1 Å². The molecule has 8 heteroatoms. The van der Waals surface area contributed by atoms with Crippen molar-refractivity contribution in [1.82, 2.24) is 0 Å². The van der Waals surface area contributed by atoms with Crippen LogP contribution in [0.25, 0.3) is 0 Å². The second-order valence-corrected chi connectivity index (χ2v) is 13.8. The SMILES string of the molecule is C[C@]12C(=O)C=C(O)C=C1CC[C@@H]1[C@@H]2CC[C@@]2(C)[C@H]1CCC2(OC(=O)c1ccc(SCc2ccc(O)cc2)cc1)C(=O)O. The summed E-state index contributed by atoms with van der Waals surface area (Å²) in [6, 6.07) is 14.0. The third kappa shape index (κ3) is 4.37. The third-order valence-electron chi connectivity index (χ3n) is 10.9. The lowest BCUT2D eigenvalue weighted by molar-refractivity contribution is -0.182. The van der Waals surface area contributed by atoms with Gasteiger partial charge in [0.1, 0.15) is 11.5 Å². The largest absolute Gasteiger partial charge is 0.508 e. The minimum Gasteiger partial charge on any atom is -0.508 e. The average molecular weight is 589 g/mol. The van der Waals surface area contributed by atoms with E-state index in [1.54, 1.807) is 42.1 Å². The predicted octanol–water partition coefficient (Wildman–Crippen LogP) is 6.86. The summed E-state index contributed by atoms with van der Waals surface area (Å²) >= 11 is 1.60. The fourth-order valence-electron chi connectivity index (χ4n) is 8.52. The van der Waals surface area contributed by atoms with Gasteiger partial charge in [0, 0.05) is 22.1 Å². The van der Waals surface area contributed by atoms with E-state index in [0.29, 0.717) is 37.0 Å². The molecule has 4 aliphatic carbocycles. The molecule has 3 fully saturated rings. The molecule has 2 aromatic carbocycles. The van der Waals surface area contributed by atoms with Crippen LogP contribution in [-0.2, 0) is 20.1 Å². The van der Waals surface area contributed by atoms with Gasteiger partial charge in [-0.2, -0.15) is 0 Å². The molecule has 4 aliphatic rings. The standard InChI is InChI=1S/C34H36O7S/c1-32-15-13-28-26(12-7-22-17-24(36)18-29(37)33(22,28)2)27(32)14-16-34(32,31(39)40)41-30(38)21-5-10-25(11-6-21)42-19-20-3-8-23(35)9-4-20/h3-6,8-11,17-18,26-28,35-36H,7,12-16,19H2,1-2H3,(H,39,40)/t26-,27-,28-,32-,33-,34?/m0/s1. The van der Waals surface area contributed by atoms with Crippen molar-refractivity contribution in [2.24, 2.45) is 28.6 Å². The van der Waals surface area contributed by atoms with Crippen molar-refractivity contribution in [1.29, 1.82) is 0 Å². The van der Waals surface area contributed by atoms with Gasteiger partial charge in [-0.25, -0.2) is 9.59 Å². The second kappa shape index (κ2) is 10.3. The van der Waals surface area contributed by atoms with Crippen LogP contribution in [0.1, 0.15) is 68.3 Å². The van der Waals surface area contributed by atoms with Gasteiger partial charge in [0.2, 0.25) is 5.60 Å². The Morgan fingerprint density at radius 3 is 2.31 bits per heavy atom. The Morgan fingerprint density at radius 1 is 0.929 bits per heavy atom. The van der Waals surface area contributed by atoms with E-state index in [9.17, 15) is 29.7 Å². The summed E-state index contributed by atoms with van der Waals surface area (Å²) in [4.78, 5) is 40.6. The lowest BCUT2D eigenvalue weighted by atomic mass is 9.46. The van der Waals surface area contributed by atoms with Crippen LogP contribution in [0, 0.1) is 28.6 Å². The molecule has 0 bridgehead atoms. The Morgan fingerprint density at radius 2 is 1.62 bits per heavy atom. The van der Waals surface area contributed by atoms with Crippen LogP contribution in [-0.4, -0.2) is 38.6 Å². The molecule has 2 aromatic rings. The highest BCUT2D eigenvalue weighted by molar-refractivity contribution is 7.98. The van der Waals surface area contributed by atoms with E-state index in [1.807, 2.05) is 38.1 Å². The van der Waals surface area contributed by atoms with Crippen LogP contribution < -0.4 is 0 Å². The number of carbonyl (C=O) groups excluding carboxylic acids is 2. The Kier molecular flexibility index (Phi) is 7.03. The number of rotatable bonds is 6. The summed E-state index contributed by atoms with van der Waals surface area (Å²) < 4.78 is 6.06. The number of carbonyl (C=O) groups is 3. The van der Waals surface area contributed by atoms with Crippen LogP contribution in [0.15, 0.2) is 76.9 Å². The molecule has 0 spiro atoms. The number of hydrogen-bond donors (Lipinski definition) is 3. The van der Waals surface area contributed by atoms with Crippen LogP contribution in [0.2, 0.25) is 0 Å². The number of thioether (sulfide) groups is 1. The van der Waals surface area contributed by atoms with Crippen LogP contribution in [0.4, 0.5) is 0 Å². The number of aliphatic carboxylic acids is 1. The summed E-state index contributed by atoms with van der Waals surface area (Å²) in [5.41, 5.74) is -0.754. The first-order valence-corrected chi connectivity index (χ1v) is 15.6. The quantitative estimate of drug-likeness (QED) is 0.247. The molecule has 0 aromatic heterocycles. The third-order valence-corrected chi connectivity index (χ3v) is 12.0. The van der Waals surface area contributed by atoms with Gasteiger partial charge in [-0.3, -0.25) is 4.79 Å². The van der Waals surface area contributed by atoms with E-state index in [1.165, 1.54) is 6.08 Å². The molecular formula is C34H36O7S. The number of aliphatic hydroxyl groups excluding tert-OH is 1. The van der Waals surface area contributed by atoms with Crippen LogP contribution in [0.3, 0.4) is 0 Å². The van der Waals surface area contributed by atoms with E-state index in [0.717, 1.165) is 22.5 Å². The molecule has 7 nitrogen and oxygen atoms in total. The fourth-order valence-corrected chi connectivity index (χ4v) is 9.37. The van der Waals surface area contributed by atoms with Gasteiger partial charge < -0.3 is 20.1 Å². The van der Waals surface area contributed by atoms with E-state index in [-0.39, 0.29) is 41.5 Å². The lowest BCUT2D eigenvalue weighted by Crippen LogP contribution is -2.59. The Balaban J connectivity index is 1.19. The normalized spacial score (nSPS) is 33.5. The monoisotopic (exact) mass is 588 g/mol. The molecule has 220 valence electrons. The number of hydrogen-bond acceptors (Lipinski definition) is 7. The molecule has 3 saturated carbocycles. The molecule has 0 heterocycles. The number of aromatic hydroxyl groups is 1. The zero-order valence-electron chi connectivity index (χ0n) is 23.8. The number of esters is 1. The van der Waals surface area contributed by atoms with Gasteiger partial charge in [0.25, 0.3) is 0 Å². The summed E-state index contributed by atoms with van der Waals surface area (Å²) in [5.74, 6) is -0.698. The van der Waals surface area contributed by atoms with Crippen LogP contribution >= 0.6 is 11.8 Å². The minimum atomic E-state index is -1.64.